The van der Waals surface area contributed by atoms with Crippen molar-refractivity contribution in [1.82, 2.24) is 0 Å². The van der Waals surface area contributed by atoms with E-state index in [0.29, 0.717) is 0 Å². The molecule has 0 N–H and O–H groups in total. The maximum Gasteiger partial charge on any atom is 0.0592 e. The Labute approximate surface area is 57.5 Å². The van der Waals surface area contributed by atoms with E-state index in [-0.39, 0.29) is 0 Å². The zero-order valence-electron chi connectivity index (χ0n) is 6.35. The molecule has 0 rings (SSSR count). The van der Waals surface area contributed by atoms with Crippen LogP contribution in [0, 0.1) is 0 Å². The maximum absolute atomic E-state index is 3.81. The zero-order chi connectivity index (χ0) is 7.11. The van der Waals surface area contributed by atoms with Crippen LogP contribution in [0.4, 0.5) is 0 Å². The summed E-state index contributed by atoms with van der Waals surface area (Å²) in [5.74, 6) is 0. The molecule has 52 valence electrons. The minimum Gasteiger partial charge on any atom is -0.297 e. The molecule has 0 heterocycles. The number of nitrogens with zero attached hydrogens (tertiary/aromatic N) is 1. The van der Waals surface area contributed by atoms with Gasteiger partial charge in [-0.25, -0.2) is 0 Å². The third kappa shape index (κ3) is 3.95. The van der Waals surface area contributed by atoms with E-state index in [9.17, 15) is 0 Å². The van der Waals surface area contributed by atoms with Gasteiger partial charge in [0, 0.05) is 0 Å². The van der Waals surface area contributed by atoms with Crippen LogP contribution >= 0.6 is 0 Å². The van der Waals surface area contributed by atoms with E-state index in [1.54, 1.807) is 0 Å². The van der Waals surface area contributed by atoms with E-state index in [4.69, 9.17) is 0 Å². The number of hydrogen-bond acceptors (Lipinski definition) is 1. The van der Waals surface area contributed by atoms with Crippen LogP contribution in [0.2, 0.25) is 0 Å². The van der Waals surface area contributed by atoms with Crippen LogP contribution in [0.15, 0.2) is 16.6 Å². The molecule has 0 saturated carbocycles. The van der Waals surface area contributed by atoms with Crippen LogP contribution in [0.1, 0.15) is 26.7 Å². The van der Waals surface area contributed by atoms with Crippen LogP contribution in [-0.2, 0) is 0 Å². The van der Waals surface area contributed by atoms with Crippen molar-refractivity contribution in [3.8, 4) is 0 Å². The highest BCUT2D eigenvalue weighted by Crippen LogP contribution is 2.01. The summed E-state index contributed by atoms with van der Waals surface area (Å²) in [6.45, 7) is 8.53. The van der Waals surface area contributed by atoms with Gasteiger partial charge in [0.2, 0.25) is 0 Å². The monoisotopic (exact) mass is 125 g/mol. The lowest BCUT2D eigenvalue weighted by Gasteiger charge is -1.96. The summed E-state index contributed by atoms with van der Waals surface area (Å²) in [4.78, 5) is 3.81. The van der Waals surface area contributed by atoms with Crippen molar-refractivity contribution in [2.45, 2.75) is 26.7 Å². The lowest BCUT2D eigenvalue weighted by molar-refractivity contribution is 0.987. The second-order valence-electron chi connectivity index (χ2n) is 2.01. The second kappa shape index (κ2) is 5.54. The summed E-state index contributed by atoms with van der Waals surface area (Å²) in [6.07, 6.45) is 4.43. The number of hydrogen-bond donors (Lipinski definition) is 0. The van der Waals surface area contributed by atoms with Crippen molar-refractivity contribution < 1.29 is 0 Å². The van der Waals surface area contributed by atoms with E-state index in [1.807, 2.05) is 0 Å². The van der Waals surface area contributed by atoms with Gasteiger partial charge in [0.25, 0.3) is 0 Å². The third-order valence-electron chi connectivity index (χ3n) is 1.26. The van der Waals surface area contributed by atoms with Gasteiger partial charge in [-0.1, -0.05) is 25.5 Å². The Kier molecular flexibility index (Phi) is 5.18. The molecule has 0 aliphatic heterocycles. The van der Waals surface area contributed by atoms with Crippen molar-refractivity contribution in [2.24, 2.45) is 4.99 Å². The predicted molar refractivity (Wildman–Crippen MR) is 43.1 cm³/mol. The Morgan fingerprint density at radius 1 is 1.56 bits per heavy atom. The number of rotatable bonds is 4. The van der Waals surface area contributed by atoms with Crippen molar-refractivity contribution in [1.29, 1.82) is 0 Å². The molecular formula is C8H15N. The van der Waals surface area contributed by atoms with Gasteiger partial charge >= 0.3 is 0 Å². The lowest BCUT2D eigenvalue weighted by atomic mass is 10.2. The van der Waals surface area contributed by atoms with Gasteiger partial charge in [0.1, 0.15) is 0 Å². The van der Waals surface area contributed by atoms with Crippen LogP contribution < -0.4 is 0 Å². The van der Waals surface area contributed by atoms with E-state index < -0.39 is 0 Å². The van der Waals surface area contributed by atoms with Crippen LogP contribution in [0.5, 0.6) is 0 Å². The summed E-state index contributed by atoms with van der Waals surface area (Å²) >= 11 is 0. The fraction of sp³-hybridized carbons (Fsp3) is 0.625. The van der Waals surface area contributed by atoms with Crippen molar-refractivity contribution in [3.05, 3.63) is 11.6 Å². The van der Waals surface area contributed by atoms with Gasteiger partial charge in [-0.05, 0) is 19.6 Å². The van der Waals surface area contributed by atoms with E-state index >= 15 is 0 Å². The normalized spacial score (nSPS) is 11.6. The van der Waals surface area contributed by atoms with Gasteiger partial charge in [-0.15, -0.1) is 0 Å². The Morgan fingerprint density at radius 3 is 2.56 bits per heavy atom. The molecule has 0 aromatic rings. The minimum absolute atomic E-state index is 0.810. The lowest BCUT2D eigenvalue weighted by Crippen LogP contribution is -1.84. The summed E-state index contributed by atoms with van der Waals surface area (Å²) < 4.78 is 0. The molecule has 0 amide bonds. The second-order valence-corrected chi connectivity index (χ2v) is 2.01. The topological polar surface area (TPSA) is 12.4 Å². The summed E-state index contributed by atoms with van der Waals surface area (Å²) in [5, 5.41) is 0. The van der Waals surface area contributed by atoms with Gasteiger partial charge in [0.15, 0.2) is 0 Å². The smallest absolute Gasteiger partial charge is 0.0592 e. The van der Waals surface area contributed by atoms with E-state index in [0.717, 1.165) is 19.4 Å². The van der Waals surface area contributed by atoms with Gasteiger partial charge in [-0.3, -0.25) is 4.99 Å². The Balaban J connectivity index is 3.65. The number of allylic oxidation sites excluding steroid dienone is 1. The van der Waals surface area contributed by atoms with Crippen molar-refractivity contribution >= 4 is 6.72 Å². The molecule has 0 aromatic carbocycles. The fourth-order valence-corrected chi connectivity index (χ4v) is 0.753. The molecule has 0 spiro atoms. The Hall–Kier alpha value is -0.590. The first kappa shape index (κ1) is 8.41. The highest BCUT2D eigenvalue weighted by atomic mass is 14.7. The first-order valence-corrected chi connectivity index (χ1v) is 3.45. The molecule has 0 aromatic heterocycles. The molecule has 0 aliphatic carbocycles. The number of aliphatic imine (C=N–C) groups is 1. The molecule has 0 fully saturated rings. The zero-order valence-corrected chi connectivity index (χ0v) is 6.35. The van der Waals surface area contributed by atoms with Crippen LogP contribution in [0.25, 0.3) is 0 Å². The highest BCUT2D eigenvalue weighted by molar-refractivity contribution is 5.25. The largest absolute Gasteiger partial charge is 0.297 e. The molecule has 0 aliphatic rings. The highest BCUT2D eigenvalue weighted by Gasteiger charge is 1.87. The van der Waals surface area contributed by atoms with Crippen LogP contribution in [0.3, 0.4) is 0 Å². The Bertz CT molecular complexity index is 103. The SMILES string of the molecule is C=NC/C(=C/CC)CC. The molecule has 0 unspecified atom stereocenters. The molecule has 9 heavy (non-hydrogen) atoms. The molecule has 1 nitrogen and oxygen atoms in total. The minimum atomic E-state index is 0.810. The van der Waals surface area contributed by atoms with Gasteiger partial charge in [0.05, 0.1) is 6.54 Å². The first-order valence-electron chi connectivity index (χ1n) is 3.45. The van der Waals surface area contributed by atoms with Gasteiger partial charge < -0.3 is 0 Å². The molecule has 1 heteroatoms. The predicted octanol–water partition coefficient (Wildman–Crippen LogP) is 2.43. The average molecular weight is 125 g/mol. The summed E-state index contributed by atoms with van der Waals surface area (Å²) in [5.41, 5.74) is 1.40. The maximum atomic E-state index is 3.81. The molecule has 0 radical (unpaired) electrons. The average Bonchev–Trinajstić information content (AvgIpc) is 1.88. The first-order chi connectivity index (χ1) is 4.35. The summed E-state index contributed by atoms with van der Waals surface area (Å²) in [6, 6.07) is 0. The molecular weight excluding hydrogens is 110 g/mol. The van der Waals surface area contributed by atoms with Crippen molar-refractivity contribution in [3.63, 3.8) is 0 Å². The third-order valence-corrected chi connectivity index (χ3v) is 1.26. The summed E-state index contributed by atoms with van der Waals surface area (Å²) in [7, 11) is 0. The molecule has 0 bridgehead atoms. The van der Waals surface area contributed by atoms with Gasteiger partial charge in [-0.2, -0.15) is 0 Å². The van der Waals surface area contributed by atoms with Crippen molar-refractivity contribution in [2.75, 3.05) is 6.54 Å². The van der Waals surface area contributed by atoms with Crippen LogP contribution in [-0.4, -0.2) is 13.3 Å². The molecule has 0 atom stereocenters. The molecule has 0 saturated heterocycles. The fourth-order valence-electron chi connectivity index (χ4n) is 0.753. The van der Waals surface area contributed by atoms with E-state index in [2.05, 4.69) is 31.6 Å². The quantitative estimate of drug-likeness (QED) is 0.404. The standard InChI is InChI=1S/C8H15N/c1-4-6-8(5-2)7-9-3/h6H,3-5,7H2,1-2H3/b8-6+. The van der Waals surface area contributed by atoms with E-state index in [1.165, 1.54) is 5.57 Å². The Morgan fingerprint density at radius 2 is 2.22 bits per heavy atom.